The highest BCUT2D eigenvalue weighted by molar-refractivity contribution is 4.70. The summed E-state index contributed by atoms with van der Waals surface area (Å²) >= 11 is 0. The van der Waals surface area contributed by atoms with Crippen molar-refractivity contribution >= 4 is 0 Å². The van der Waals surface area contributed by atoms with Crippen molar-refractivity contribution < 1.29 is 10.2 Å². The van der Waals surface area contributed by atoms with Gasteiger partial charge in [-0.2, -0.15) is 0 Å². The maximum atomic E-state index is 10.9. The normalized spacial score (nSPS) is 13.2. The van der Waals surface area contributed by atoms with E-state index in [1.54, 1.807) is 0 Å². The van der Waals surface area contributed by atoms with E-state index in [1.165, 1.54) is 193 Å². The van der Waals surface area contributed by atoms with Gasteiger partial charge in [0.1, 0.15) is 0 Å². The van der Waals surface area contributed by atoms with Gasteiger partial charge in [0.25, 0.3) is 0 Å². The molecule has 0 aliphatic heterocycles. The highest BCUT2D eigenvalue weighted by atomic mass is 16.3. The first kappa shape index (κ1) is 44.9. The Kier molecular flexibility index (Phi) is 38.2. The lowest BCUT2D eigenvalue weighted by Crippen LogP contribution is -2.38. The molecule has 2 N–H and O–H groups in total. The van der Waals surface area contributed by atoms with Gasteiger partial charge in [0.05, 0.1) is 12.2 Å². The number of aliphatic hydroxyl groups is 2. The van der Waals surface area contributed by atoms with Crippen LogP contribution in [0.15, 0.2) is 0 Å². The fraction of sp³-hybridized carbons (Fsp3) is 1.00. The van der Waals surface area contributed by atoms with Gasteiger partial charge in [0, 0.05) is 13.1 Å². The molecule has 3 nitrogen and oxygen atoms in total. The Balaban J connectivity index is 4.19. The summed E-state index contributed by atoms with van der Waals surface area (Å²) in [5, 5.41) is 21.8. The van der Waals surface area contributed by atoms with E-state index in [0.29, 0.717) is 0 Å². The van der Waals surface area contributed by atoms with Crippen LogP contribution in [0.2, 0.25) is 0 Å². The molecule has 2 atom stereocenters. The van der Waals surface area contributed by atoms with Crippen LogP contribution in [-0.4, -0.2) is 47.0 Å². The second kappa shape index (κ2) is 38.3. The summed E-state index contributed by atoms with van der Waals surface area (Å²) in [4.78, 5) is 2.40. The molecule has 0 aromatic carbocycles. The molecule has 0 amide bonds. The van der Waals surface area contributed by atoms with E-state index < -0.39 is 0 Å². The summed E-state index contributed by atoms with van der Waals surface area (Å²) in [5.74, 6) is 0. The predicted molar refractivity (Wildman–Crippen MR) is 202 cm³/mol. The number of hydrogen-bond donors (Lipinski definition) is 2. The molecule has 0 spiro atoms. The molecule has 0 aliphatic carbocycles. The van der Waals surface area contributed by atoms with Crippen molar-refractivity contribution in [2.75, 3.05) is 19.6 Å². The van der Waals surface area contributed by atoms with Crippen LogP contribution in [0.5, 0.6) is 0 Å². The third-order valence-electron chi connectivity index (χ3n) is 10.0. The van der Waals surface area contributed by atoms with Crippen LogP contribution in [0.4, 0.5) is 0 Å². The topological polar surface area (TPSA) is 43.7 Å². The summed E-state index contributed by atoms with van der Waals surface area (Å²) in [5.41, 5.74) is 0. The molecule has 0 fully saturated rings. The highest BCUT2D eigenvalue weighted by Gasteiger charge is 2.15. The van der Waals surface area contributed by atoms with Crippen molar-refractivity contribution in [3.63, 3.8) is 0 Å². The fourth-order valence-electron chi connectivity index (χ4n) is 6.95. The van der Waals surface area contributed by atoms with Crippen LogP contribution in [0.1, 0.15) is 239 Å². The fourth-order valence-corrected chi connectivity index (χ4v) is 6.95. The quantitative estimate of drug-likeness (QED) is 0.0659. The Morgan fingerprint density at radius 3 is 0.800 bits per heavy atom. The van der Waals surface area contributed by atoms with Gasteiger partial charge >= 0.3 is 0 Å². The van der Waals surface area contributed by atoms with E-state index in [-0.39, 0.29) is 12.2 Å². The van der Waals surface area contributed by atoms with E-state index in [9.17, 15) is 10.2 Å². The van der Waals surface area contributed by atoms with E-state index in [1.807, 2.05) is 0 Å². The van der Waals surface area contributed by atoms with Crippen molar-refractivity contribution in [1.82, 2.24) is 4.90 Å². The largest absolute Gasteiger partial charge is 0.392 e. The van der Waals surface area contributed by atoms with Gasteiger partial charge in [0.2, 0.25) is 0 Å². The minimum atomic E-state index is -0.249. The van der Waals surface area contributed by atoms with Crippen molar-refractivity contribution in [3.8, 4) is 0 Å². The Morgan fingerprint density at radius 1 is 0.311 bits per heavy atom. The molecule has 45 heavy (non-hydrogen) atoms. The zero-order chi connectivity index (χ0) is 32.9. The molecule has 0 rings (SSSR count). The maximum Gasteiger partial charge on any atom is 0.0667 e. The summed E-state index contributed by atoms with van der Waals surface area (Å²) in [6.07, 6.45) is 44.6. The van der Waals surface area contributed by atoms with Crippen molar-refractivity contribution in [2.45, 2.75) is 251 Å². The summed E-state index contributed by atoms with van der Waals surface area (Å²) in [6, 6.07) is 0. The van der Waals surface area contributed by atoms with Crippen LogP contribution in [0, 0.1) is 0 Å². The lowest BCUT2D eigenvalue weighted by atomic mass is 10.0. The highest BCUT2D eigenvalue weighted by Crippen LogP contribution is 2.16. The minimum absolute atomic E-state index is 0.249. The van der Waals surface area contributed by atoms with Crippen LogP contribution < -0.4 is 0 Å². The molecule has 272 valence electrons. The SMILES string of the molecule is CCCCCCCCCCCCCCN(CC(O)CCCCCCCCCCCC)CC(O)CCCCCCCCCCCC. The van der Waals surface area contributed by atoms with Crippen molar-refractivity contribution in [2.24, 2.45) is 0 Å². The predicted octanol–water partition coefficient (Wildman–Crippen LogP) is 13.3. The van der Waals surface area contributed by atoms with Crippen molar-refractivity contribution in [1.29, 1.82) is 0 Å². The van der Waals surface area contributed by atoms with E-state index >= 15 is 0 Å². The van der Waals surface area contributed by atoms with Crippen LogP contribution >= 0.6 is 0 Å². The zero-order valence-electron chi connectivity index (χ0n) is 31.7. The third kappa shape index (κ3) is 36.6. The Hall–Kier alpha value is -0.120. The second-order valence-electron chi connectivity index (χ2n) is 14.9. The van der Waals surface area contributed by atoms with E-state index in [2.05, 4.69) is 25.7 Å². The van der Waals surface area contributed by atoms with Gasteiger partial charge in [-0.25, -0.2) is 0 Å². The standard InChI is InChI=1S/C42H87NO2/c1-4-7-10-13-16-19-22-23-26-29-32-35-38-43(39-41(44)36-33-30-27-24-20-17-14-11-8-5-2)40-42(45)37-34-31-28-25-21-18-15-12-9-6-3/h41-42,44-45H,4-40H2,1-3H3. The third-order valence-corrected chi connectivity index (χ3v) is 10.0. The number of unbranched alkanes of at least 4 members (excludes halogenated alkanes) is 29. The average molecular weight is 638 g/mol. The van der Waals surface area contributed by atoms with Crippen molar-refractivity contribution in [3.05, 3.63) is 0 Å². The molecule has 0 bridgehead atoms. The molecule has 0 saturated heterocycles. The van der Waals surface area contributed by atoms with Gasteiger partial charge in [0.15, 0.2) is 0 Å². The maximum absolute atomic E-state index is 10.9. The monoisotopic (exact) mass is 638 g/mol. The van der Waals surface area contributed by atoms with Gasteiger partial charge in [-0.15, -0.1) is 0 Å². The molecule has 0 aromatic rings. The van der Waals surface area contributed by atoms with Gasteiger partial charge in [-0.05, 0) is 25.8 Å². The van der Waals surface area contributed by atoms with Gasteiger partial charge < -0.3 is 10.2 Å². The lowest BCUT2D eigenvalue weighted by molar-refractivity contribution is 0.0596. The zero-order valence-corrected chi connectivity index (χ0v) is 31.7. The number of rotatable bonds is 39. The Bertz CT molecular complexity index is 495. The first-order valence-corrected chi connectivity index (χ1v) is 21.2. The molecular formula is C42H87NO2. The molecule has 0 radical (unpaired) electrons. The molecule has 2 unspecified atom stereocenters. The molecular weight excluding hydrogens is 550 g/mol. The smallest absolute Gasteiger partial charge is 0.0667 e. The molecule has 3 heteroatoms. The number of hydrogen-bond acceptors (Lipinski definition) is 3. The lowest BCUT2D eigenvalue weighted by Gasteiger charge is -2.27. The first-order valence-electron chi connectivity index (χ1n) is 21.2. The molecule has 0 heterocycles. The van der Waals surface area contributed by atoms with Gasteiger partial charge in [-0.1, -0.05) is 220 Å². The summed E-state index contributed by atoms with van der Waals surface area (Å²) < 4.78 is 0. The summed E-state index contributed by atoms with van der Waals surface area (Å²) in [7, 11) is 0. The Morgan fingerprint density at radius 2 is 0.533 bits per heavy atom. The first-order chi connectivity index (χ1) is 22.1. The number of aliphatic hydroxyl groups excluding tert-OH is 2. The van der Waals surface area contributed by atoms with Crippen LogP contribution in [0.25, 0.3) is 0 Å². The van der Waals surface area contributed by atoms with Gasteiger partial charge in [-0.3, -0.25) is 4.90 Å². The van der Waals surface area contributed by atoms with Crippen LogP contribution in [0.3, 0.4) is 0 Å². The summed E-state index contributed by atoms with van der Waals surface area (Å²) in [6.45, 7) is 9.38. The second-order valence-corrected chi connectivity index (χ2v) is 14.9. The minimum Gasteiger partial charge on any atom is -0.392 e. The molecule has 0 saturated carbocycles. The van der Waals surface area contributed by atoms with E-state index in [0.717, 1.165) is 45.3 Å². The number of nitrogens with zero attached hydrogens (tertiary/aromatic N) is 1. The van der Waals surface area contributed by atoms with E-state index in [4.69, 9.17) is 0 Å². The Labute approximate surface area is 285 Å². The average Bonchev–Trinajstić information content (AvgIpc) is 3.03. The van der Waals surface area contributed by atoms with Crippen LogP contribution in [-0.2, 0) is 0 Å². The molecule has 0 aromatic heterocycles. The molecule has 0 aliphatic rings.